The minimum absolute atomic E-state index is 0.554. The molecule has 0 saturated carbocycles. The van der Waals surface area contributed by atoms with E-state index in [0.717, 1.165) is 5.56 Å². The van der Waals surface area contributed by atoms with E-state index in [1.807, 2.05) is 25.1 Å². The molecule has 0 aliphatic rings. The van der Waals surface area contributed by atoms with Crippen LogP contribution in [0.5, 0.6) is 0 Å². The summed E-state index contributed by atoms with van der Waals surface area (Å²) < 4.78 is 20.4. The van der Waals surface area contributed by atoms with Crippen molar-refractivity contribution in [3.05, 3.63) is 60.2 Å². The first-order valence-corrected chi connectivity index (χ1v) is 6.57. The Bertz CT molecular complexity index is 571. The Hall–Kier alpha value is -1.61. The number of rotatable bonds is 2. The Balaban J connectivity index is 2.52. The van der Waals surface area contributed by atoms with Crippen molar-refractivity contribution in [3.63, 3.8) is 0 Å². The molecular formula is C13H13NOS. The number of hydrogen-bond donors (Lipinski definition) is 1. The van der Waals surface area contributed by atoms with E-state index in [1.54, 1.807) is 36.4 Å². The van der Waals surface area contributed by atoms with Crippen molar-refractivity contribution in [2.45, 2.75) is 16.7 Å². The quantitative estimate of drug-likeness (QED) is 0.844. The highest BCUT2D eigenvalue weighted by Gasteiger charge is 2.11. The third kappa shape index (κ3) is 1.99. The Labute approximate surface area is 95.9 Å². The highest BCUT2D eigenvalue weighted by atomic mass is 32.2. The summed E-state index contributed by atoms with van der Waals surface area (Å²) in [4.78, 5) is 1.11. The van der Waals surface area contributed by atoms with Gasteiger partial charge < -0.3 is 0 Å². The van der Waals surface area contributed by atoms with E-state index < -0.39 is 9.73 Å². The highest BCUT2D eigenvalue weighted by Crippen LogP contribution is 2.21. The zero-order chi connectivity index (χ0) is 11.6. The smallest absolute Gasteiger partial charge is 0.101 e. The summed E-state index contributed by atoms with van der Waals surface area (Å²) in [7, 11) is -2.86. The van der Waals surface area contributed by atoms with Gasteiger partial charge in [0, 0.05) is 0 Å². The lowest BCUT2D eigenvalue weighted by Gasteiger charge is -2.07. The van der Waals surface area contributed by atoms with Crippen LogP contribution in [0.3, 0.4) is 0 Å². The fourth-order valence-electron chi connectivity index (χ4n) is 1.48. The summed E-state index contributed by atoms with van der Waals surface area (Å²) in [5.74, 6) is 0. The van der Waals surface area contributed by atoms with Gasteiger partial charge in [-0.25, -0.2) is 8.99 Å². The Morgan fingerprint density at radius 2 is 1.38 bits per heavy atom. The zero-order valence-electron chi connectivity index (χ0n) is 9.01. The molecule has 2 rings (SSSR count). The SMILES string of the molecule is Cc1ccc(S(=N)(=O)c2ccccc2)cc1. The first-order chi connectivity index (χ1) is 7.60. The predicted molar refractivity (Wildman–Crippen MR) is 65.0 cm³/mol. The summed E-state index contributed by atoms with van der Waals surface area (Å²) in [5, 5.41) is 0. The molecular weight excluding hydrogens is 218 g/mol. The first kappa shape index (κ1) is 10.9. The maximum Gasteiger partial charge on any atom is 0.101 e. The molecule has 0 aliphatic carbocycles. The lowest BCUT2D eigenvalue weighted by Crippen LogP contribution is -1.99. The van der Waals surface area contributed by atoms with Crippen LogP contribution >= 0.6 is 0 Å². The molecule has 16 heavy (non-hydrogen) atoms. The predicted octanol–water partition coefficient (Wildman–Crippen LogP) is 3.46. The Kier molecular flexibility index (Phi) is 2.79. The van der Waals surface area contributed by atoms with Crippen LogP contribution < -0.4 is 0 Å². The van der Waals surface area contributed by atoms with Crippen molar-refractivity contribution in [1.82, 2.24) is 0 Å². The van der Waals surface area contributed by atoms with Gasteiger partial charge in [0.2, 0.25) is 0 Å². The van der Waals surface area contributed by atoms with E-state index in [4.69, 9.17) is 4.78 Å². The van der Waals surface area contributed by atoms with Crippen LogP contribution in [0.25, 0.3) is 0 Å². The number of hydrogen-bond acceptors (Lipinski definition) is 2. The zero-order valence-corrected chi connectivity index (χ0v) is 9.83. The minimum Gasteiger partial charge on any atom is -0.245 e. The molecule has 0 bridgehead atoms. The molecule has 0 saturated heterocycles. The van der Waals surface area contributed by atoms with Gasteiger partial charge in [-0.2, -0.15) is 0 Å². The van der Waals surface area contributed by atoms with Gasteiger partial charge in [-0.05, 0) is 31.2 Å². The second kappa shape index (κ2) is 4.10. The Morgan fingerprint density at radius 1 is 0.875 bits per heavy atom. The molecule has 1 N–H and O–H groups in total. The van der Waals surface area contributed by atoms with Crippen LogP contribution in [0.4, 0.5) is 0 Å². The van der Waals surface area contributed by atoms with Gasteiger partial charge >= 0.3 is 0 Å². The third-order valence-electron chi connectivity index (χ3n) is 2.43. The topological polar surface area (TPSA) is 40.9 Å². The number of aryl methyl sites for hydroxylation is 1. The van der Waals surface area contributed by atoms with Crippen molar-refractivity contribution in [2.24, 2.45) is 0 Å². The highest BCUT2D eigenvalue weighted by molar-refractivity contribution is 7.92. The van der Waals surface area contributed by atoms with Crippen LogP contribution in [-0.2, 0) is 9.73 Å². The fraction of sp³-hybridized carbons (Fsp3) is 0.0769. The summed E-state index contributed by atoms with van der Waals surface area (Å²) in [6.45, 7) is 1.97. The molecule has 0 spiro atoms. The van der Waals surface area contributed by atoms with Gasteiger partial charge in [-0.1, -0.05) is 35.9 Å². The molecule has 2 aromatic rings. The summed E-state index contributed by atoms with van der Waals surface area (Å²) in [5.41, 5.74) is 1.10. The van der Waals surface area contributed by atoms with Gasteiger partial charge in [0.1, 0.15) is 9.73 Å². The average molecular weight is 231 g/mol. The molecule has 0 fully saturated rings. The molecule has 0 heterocycles. The van der Waals surface area contributed by atoms with E-state index in [0.29, 0.717) is 9.79 Å². The van der Waals surface area contributed by atoms with Crippen LogP contribution in [0.2, 0.25) is 0 Å². The largest absolute Gasteiger partial charge is 0.245 e. The standard InChI is InChI=1S/C13H13NOS/c1-11-7-9-13(10-8-11)16(14,15)12-5-3-2-4-6-12/h2-10,14H,1H3. The minimum atomic E-state index is -2.86. The van der Waals surface area contributed by atoms with E-state index >= 15 is 0 Å². The summed E-state index contributed by atoms with van der Waals surface area (Å²) >= 11 is 0. The van der Waals surface area contributed by atoms with E-state index in [9.17, 15) is 4.21 Å². The molecule has 0 aromatic heterocycles. The van der Waals surface area contributed by atoms with Gasteiger partial charge in [0.15, 0.2) is 0 Å². The van der Waals surface area contributed by atoms with Crippen molar-refractivity contribution in [2.75, 3.05) is 0 Å². The van der Waals surface area contributed by atoms with Crippen LogP contribution in [0.15, 0.2) is 64.4 Å². The van der Waals surface area contributed by atoms with Crippen molar-refractivity contribution in [1.29, 1.82) is 4.78 Å². The van der Waals surface area contributed by atoms with Crippen LogP contribution in [0.1, 0.15) is 5.56 Å². The molecule has 2 aromatic carbocycles. The maximum absolute atomic E-state index is 12.4. The lowest BCUT2D eigenvalue weighted by molar-refractivity contribution is 0.674. The molecule has 1 unspecified atom stereocenters. The summed E-state index contributed by atoms with van der Waals surface area (Å²) in [6, 6.07) is 16.2. The first-order valence-electron chi connectivity index (χ1n) is 5.01. The van der Waals surface area contributed by atoms with E-state index in [2.05, 4.69) is 0 Å². The van der Waals surface area contributed by atoms with Gasteiger partial charge in [-0.15, -0.1) is 0 Å². The fourth-order valence-corrected chi connectivity index (χ4v) is 2.81. The average Bonchev–Trinajstić information content (AvgIpc) is 2.31. The lowest BCUT2D eigenvalue weighted by atomic mass is 10.2. The maximum atomic E-state index is 12.4. The summed E-state index contributed by atoms with van der Waals surface area (Å²) in [6.07, 6.45) is 0. The molecule has 3 heteroatoms. The molecule has 1 atom stereocenters. The monoisotopic (exact) mass is 231 g/mol. The molecule has 0 amide bonds. The van der Waals surface area contributed by atoms with Crippen molar-refractivity contribution < 1.29 is 4.21 Å². The van der Waals surface area contributed by atoms with Gasteiger partial charge in [0.25, 0.3) is 0 Å². The molecule has 0 aliphatic heterocycles. The molecule has 2 nitrogen and oxygen atoms in total. The van der Waals surface area contributed by atoms with E-state index in [-0.39, 0.29) is 0 Å². The Morgan fingerprint density at radius 3 is 1.94 bits per heavy atom. The van der Waals surface area contributed by atoms with Gasteiger partial charge in [-0.3, -0.25) is 0 Å². The van der Waals surface area contributed by atoms with Crippen LogP contribution in [-0.4, -0.2) is 4.21 Å². The number of nitrogens with one attached hydrogen (secondary N) is 1. The third-order valence-corrected chi connectivity index (χ3v) is 4.30. The second-order valence-electron chi connectivity index (χ2n) is 3.68. The van der Waals surface area contributed by atoms with Crippen molar-refractivity contribution in [3.8, 4) is 0 Å². The van der Waals surface area contributed by atoms with Crippen LogP contribution in [0, 0.1) is 11.7 Å². The van der Waals surface area contributed by atoms with Gasteiger partial charge in [0.05, 0.1) is 9.79 Å². The second-order valence-corrected chi connectivity index (χ2v) is 5.74. The molecule has 0 radical (unpaired) electrons. The number of benzene rings is 2. The molecule has 82 valence electrons. The normalized spacial score (nSPS) is 14.3. The van der Waals surface area contributed by atoms with E-state index in [1.165, 1.54) is 0 Å². The van der Waals surface area contributed by atoms with Crippen molar-refractivity contribution >= 4 is 9.73 Å².